The normalized spacial score (nSPS) is 15.9. The first-order chi connectivity index (χ1) is 16.5. The summed E-state index contributed by atoms with van der Waals surface area (Å²) in [6.45, 7) is 8.85. The minimum absolute atomic E-state index is 0.0753. The van der Waals surface area contributed by atoms with Crippen molar-refractivity contribution in [2.75, 3.05) is 49.1 Å². The van der Waals surface area contributed by atoms with Crippen LogP contribution in [0, 0.1) is 11.6 Å². The first-order valence-corrected chi connectivity index (χ1v) is 11.6. The van der Waals surface area contributed by atoms with Crippen LogP contribution in [0.1, 0.15) is 25.2 Å². The van der Waals surface area contributed by atoms with Gasteiger partial charge in [-0.1, -0.05) is 6.07 Å². The molecule has 0 bridgehead atoms. The van der Waals surface area contributed by atoms with Crippen LogP contribution in [-0.4, -0.2) is 60.3 Å². The monoisotopic (exact) mass is 466 g/mol. The summed E-state index contributed by atoms with van der Waals surface area (Å²) in [7, 11) is 0. The van der Waals surface area contributed by atoms with Crippen molar-refractivity contribution in [3.05, 3.63) is 59.7 Å². The molecule has 2 aromatic heterocycles. The highest BCUT2D eigenvalue weighted by Gasteiger charge is 2.25. The fourth-order valence-corrected chi connectivity index (χ4v) is 4.45. The van der Waals surface area contributed by atoms with Crippen molar-refractivity contribution in [1.29, 1.82) is 0 Å². The number of aromatic nitrogens is 3. The Kier molecular flexibility index (Phi) is 6.28. The molecule has 0 amide bonds. The maximum absolute atomic E-state index is 14.9. The number of piperazine rings is 1. The molecule has 0 radical (unpaired) electrons. The van der Waals surface area contributed by atoms with Gasteiger partial charge in [0.05, 0.1) is 18.4 Å². The summed E-state index contributed by atoms with van der Waals surface area (Å²) < 4.78 is 35.2. The second-order valence-electron chi connectivity index (χ2n) is 8.86. The first-order valence-electron chi connectivity index (χ1n) is 11.6. The molecule has 2 aliphatic rings. The van der Waals surface area contributed by atoms with Gasteiger partial charge in [-0.2, -0.15) is 0 Å². The number of hydrogen-bond acceptors (Lipinski definition) is 7. The van der Waals surface area contributed by atoms with Gasteiger partial charge in [0.15, 0.2) is 17.4 Å². The lowest BCUT2D eigenvalue weighted by molar-refractivity contribution is 0.287. The van der Waals surface area contributed by atoms with Gasteiger partial charge >= 0.3 is 0 Å². The molecule has 0 atom stereocenters. The van der Waals surface area contributed by atoms with Gasteiger partial charge in [-0.05, 0) is 37.6 Å². The van der Waals surface area contributed by atoms with E-state index in [1.54, 1.807) is 12.3 Å². The van der Waals surface area contributed by atoms with Gasteiger partial charge in [-0.25, -0.2) is 23.7 Å². The zero-order valence-corrected chi connectivity index (χ0v) is 19.4. The maximum Gasteiger partial charge on any atom is 0.178 e. The van der Waals surface area contributed by atoms with Gasteiger partial charge in [0.25, 0.3) is 0 Å². The summed E-state index contributed by atoms with van der Waals surface area (Å²) >= 11 is 0. The lowest BCUT2D eigenvalue weighted by Gasteiger charge is -2.34. The summed E-state index contributed by atoms with van der Waals surface area (Å²) in [5.74, 6) is 0.470. The molecular weight excluding hydrogens is 438 g/mol. The Hall–Kier alpha value is -3.33. The Morgan fingerprint density at radius 2 is 1.85 bits per heavy atom. The van der Waals surface area contributed by atoms with E-state index < -0.39 is 11.6 Å². The molecule has 7 nitrogen and oxygen atoms in total. The smallest absolute Gasteiger partial charge is 0.178 e. The molecule has 5 rings (SSSR count). The van der Waals surface area contributed by atoms with Gasteiger partial charge in [-0.15, -0.1) is 0 Å². The molecule has 0 unspecified atom stereocenters. The summed E-state index contributed by atoms with van der Waals surface area (Å²) in [5, 5.41) is 3.33. The first kappa shape index (κ1) is 22.5. The average molecular weight is 467 g/mol. The largest absolute Gasteiger partial charge is 0.486 e. The highest BCUT2D eigenvalue weighted by molar-refractivity contribution is 5.72. The fourth-order valence-electron chi connectivity index (χ4n) is 4.45. The summed E-state index contributed by atoms with van der Waals surface area (Å²) in [5.41, 5.74) is 1.98. The standard InChI is InChI=1S/C25H28F2N6O/c1-16(2)33-9-10-34-25-19(26)12-18(13-21(25)33)24-20(27)15-29-22(31-24)11-17-3-4-23(30-14-17)32-7-5-28-6-8-32/h3-4,12-16,28H,5-11H2,1-2H3. The highest BCUT2D eigenvalue weighted by atomic mass is 19.1. The van der Waals surface area contributed by atoms with Crippen molar-refractivity contribution in [1.82, 2.24) is 20.3 Å². The Labute approximate surface area is 197 Å². The van der Waals surface area contributed by atoms with Gasteiger partial charge < -0.3 is 19.9 Å². The lowest BCUT2D eigenvalue weighted by atomic mass is 10.1. The third-order valence-electron chi connectivity index (χ3n) is 6.22. The minimum atomic E-state index is -0.594. The molecule has 3 aromatic rings. The molecule has 0 aliphatic carbocycles. The van der Waals surface area contributed by atoms with Crippen LogP contribution in [-0.2, 0) is 6.42 Å². The number of anilines is 2. The number of nitrogens with zero attached hydrogens (tertiary/aromatic N) is 5. The van der Waals surface area contributed by atoms with Crippen molar-refractivity contribution in [2.45, 2.75) is 26.3 Å². The number of nitrogens with one attached hydrogen (secondary N) is 1. The molecular formula is C25H28F2N6O. The van der Waals surface area contributed by atoms with E-state index in [-0.39, 0.29) is 17.5 Å². The molecule has 178 valence electrons. The number of pyridine rings is 1. The van der Waals surface area contributed by atoms with Gasteiger partial charge in [-0.3, -0.25) is 0 Å². The van der Waals surface area contributed by atoms with Crippen molar-refractivity contribution in [2.24, 2.45) is 0 Å². The fraction of sp³-hybridized carbons (Fsp3) is 0.400. The SMILES string of the molecule is CC(C)N1CCOc2c(F)cc(-c3nc(Cc4ccc(N5CCNCC5)nc4)ncc3F)cc21. The van der Waals surface area contributed by atoms with Crippen molar-refractivity contribution in [3.8, 4) is 17.0 Å². The molecule has 34 heavy (non-hydrogen) atoms. The third-order valence-corrected chi connectivity index (χ3v) is 6.22. The van der Waals surface area contributed by atoms with Crippen LogP contribution in [0.4, 0.5) is 20.3 Å². The Bertz CT molecular complexity index is 1160. The van der Waals surface area contributed by atoms with E-state index in [1.807, 2.05) is 26.0 Å². The molecule has 1 N–H and O–H groups in total. The van der Waals surface area contributed by atoms with Crippen LogP contribution in [0.3, 0.4) is 0 Å². The minimum Gasteiger partial charge on any atom is -0.486 e. The van der Waals surface area contributed by atoms with E-state index in [0.29, 0.717) is 36.6 Å². The number of benzene rings is 1. The van der Waals surface area contributed by atoms with E-state index in [4.69, 9.17) is 4.74 Å². The maximum atomic E-state index is 14.9. The van der Waals surface area contributed by atoms with Crippen LogP contribution in [0.25, 0.3) is 11.3 Å². The molecule has 0 saturated carbocycles. The van der Waals surface area contributed by atoms with Crippen LogP contribution >= 0.6 is 0 Å². The second-order valence-corrected chi connectivity index (χ2v) is 8.86. The van der Waals surface area contributed by atoms with E-state index in [9.17, 15) is 8.78 Å². The Morgan fingerprint density at radius 1 is 1.03 bits per heavy atom. The molecule has 2 aliphatic heterocycles. The van der Waals surface area contributed by atoms with Crippen LogP contribution < -0.4 is 19.9 Å². The van der Waals surface area contributed by atoms with Crippen LogP contribution in [0.5, 0.6) is 5.75 Å². The second kappa shape index (κ2) is 9.50. The molecule has 0 spiro atoms. The number of halogens is 2. The van der Waals surface area contributed by atoms with E-state index in [0.717, 1.165) is 43.8 Å². The molecule has 1 fully saturated rings. The summed E-state index contributed by atoms with van der Waals surface area (Å²) in [4.78, 5) is 17.5. The van der Waals surface area contributed by atoms with E-state index in [1.165, 1.54) is 6.07 Å². The molecule has 1 aromatic carbocycles. The number of fused-ring (bicyclic) bond motifs is 1. The Morgan fingerprint density at radius 3 is 2.59 bits per heavy atom. The zero-order valence-electron chi connectivity index (χ0n) is 19.4. The quantitative estimate of drug-likeness (QED) is 0.618. The van der Waals surface area contributed by atoms with Gasteiger partial charge in [0.2, 0.25) is 0 Å². The number of ether oxygens (including phenoxy) is 1. The summed E-state index contributed by atoms with van der Waals surface area (Å²) in [6.07, 6.45) is 3.35. The van der Waals surface area contributed by atoms with Crippen LogP contribution in [0.15, 0.2) is 36.7 Å². The zero-order chi connectivity index (χ0) is 23.7. The van der Waals surface area contributed by atoms with E-state index in [2.05, 4.69) is 30.1 Å². The molecule has 1 saturated heterocycles. The Balaban J connectivity index is 1.41. The van der Waals surface area contributed by atoms with Crippen molar-refractivity contribution in [3.63, 3.8) is 0 Å². The predicted octanol–water partition coefficient (Wildman–Crippen LogP) is 3.42. The highest BCUT2D eigenvalue weighted by Crippen LogP contribution is 2.39. The van der Waals surface area contributed by atoms with Gasteiger partial charge in [0.1, 0.15) is 23.9 Å². The predicted molar refractivity (Wildman–Crippen MR) is 127 cm³/mol. The topological polar surface area (TPSA) is 66.4 Å². The van der Waals surface area contributed by atoms with Crippen molar-refractivity contribution >= 4 is 11.5 Å². The lowest BCUT2D eigenvalue weighted by Crippen LogP contribution is -2.43. The third kappa shape index (κ3) is 4.52. The summed E-state index contributed by atoms with van der Waals surface area (Å²) in [6, 6.07) is 7.16. The number of rotatable bonds is 5. The molecule has 4 heterocycles. The average Bonchev–Trinajstić information content (AvgIpc) is 2.86. The number of hydrogen-bond donors (Lipinski definition) is 1. The van der Waals surface area contributed by atoms with Crippen LogP contribution in [0.2, 0.25) is 0 Å². The van der Waals surface area contributed by atoms with E-state index >= 15 is 0 Å². The van der Waals surface area contributed by atoms with Gasteiger partial charge in [0, 0.05) is 50.4 Å². The van der Waals surface area contributed by atoms with Crippen molar-refractivity contribution < 1.29 is 13.5 Å². The molecule has 9 heteroatoms.